The standard InChI is InChI=1S/C55H96O6/c1-4-7-10-13-16-19-21-23-25-26-27-28-30-31-33-36-39-42-45-48-54(57)60-51-52(50-59-53(56)47-44-41-38-35-18-15-12-9-6-3)61-55(58)49-46-43-40-37-34-32-29-24-22-20-17-14-11-8-5-2/h16-17,19-20,23-25,27-29,52H,4-15,18,21-22,26,30-51H2,1-3H3/b19-16-,20-17-,25-23-,28-27-,29-24-. The Balaban J connectivity index is 4.36. The van der Waals surface area contributed by atoms with Crippen molar-refractivity contribution >= 4 is 17.9 Å². The molecule has 0 saturated heterocycles. The zero-order valence-electron chi connectivity index (χ0n) is 40.2. The second-order valence-corrected chi connectivity index (χ2v) is 17.1. The van der Waals surface area contributed by atoms with Crippen LogP contribution in [-0.2, 0) is 28.6 Å². The minimum atomic E-state index is -0.783. The summed E-state index contributed by atoms with van der Waals surface area (Å²) in [6.45, 7) is 6.54. The molecule has 0 rings (SSSR count). The second-order valence-electron chi connectivity index (χ2n) is 17.1. The third-order valence-electron chi connectivity index (χ3n) is 11.0. The van der Waals surface area contributed by atoms with Gasteiger partial charge in [-0.05, 0) is 89.9 Å². The van der Waals surface area contributed by atoms with Crippen LogP contribution in [0.15, 0.2) is 60.8 Å². The zero-order valence-corrected chi connectivity index (χ0v) is 40.2. The molecular formula is C55H96O6. The van der Waals surface area contributed by atoms with Gasteiger partial charge >= 0.3 is 17.9 Å². The van der Waals surface area contributed by atoms with E-state index in [-0.39, 0.29) is 31.1 Å². The van der Waals surface area contributed by atoms with E-state index in [2.05, 4.69) is 81.5 Å². The Labute approximate surface area is 377 Å². The van der Waals surface area contributed by atoms with Crippen LogP contribution < -0.4 is 0 Å². The number of hydrogen-bond acceptors (Lipinski definition) is 6. The third-order valence-corrected chi connectivity index (χ3v) is 11.0. The molecular weight excluding hydrogens is 757 g/mol. The maximum Gasteiger partial charge on any atom is 0.306 e. The lowest BCUT2D eigenvalue weighted by Gasteiger charge is -2.18. The first-order chi connectivity index (χ1) is 30.0. The van der Waals surface area contributed by atoms with Crippen LogP contribution in [0.5, 0.6) is 0 Å². The van der Waals surface area contributed by atoms with Gasteiger partial charge in [0.15, 0.2) is 6.10 Å². The van der Waals surface area contributed by atoms with Gasteiger partial charge in [-0.2, -0.15) is 0 Å². The zero-order chi connectivity index (χ0) is 44.4. The summed E-state index contributed by atoms with van der Waals surface area (Å²) >= 11 is 0. The molecule has 6 heteroatoms. The van der Waals surface area contributed by atoms with Crippen LogP contribution in [-0.4, -0.2) is 37.2 Å². The molecule has 0 aliphatic rings. The van der Waals surface area contributed by atoms with E-state index >= 15 is 0 Å². The first-order valence-electron chi connectivity index (χ1n) is 25.8. The highest BCUT2D eigenvalue weighted by molar-refractivity contribution is 5.71. The van der Waals surface area contributed by atoms with Crippen molar-refractivity contribution in [2.75, 3.05) is 13.2 Å². The molecule has 0 aliphatic carbocycles. The Morgan fingerprint density at radius 1 is 0.328 bits per heavy atom. The molecule has 1 atom stereocenters. The van der Waals surface area contributed by atoms with E-state index in [0.29, 0.717) is 19.3 Å². The lowest BCUT2D eigenvalue weighted by atomic mass is 10.1. The third kappa shape index (κ3) is 48.0. The van der Waals surface area contributed by atoms with Gasteiger partial charge in [0.2, 0.25) is 0 Å². The Morgan fingerprint density at radius 2 is 0.590 bits per heavy atom. The molecule has 0 fully saturated rings. The Morgan fingerprint density at radius 3 is 0.951 bits per heavy atom. The summed E-state index contributed by atoms with van der Waals surface area (Å²) in [4.78, 5) is 37.9. The number of carbonyl (C=O) groups excluding carboxylic acids is 3. The minimum Gasteiger partial charge on any atom is -0.462 e. The van der Waals surface area contributed by atoms with E-state index in [1.807, 2.05) is 0 Å². The molecule has 0 radical (unpaired) electrons. The number of carbonyl (C=O) groups is 3. The van der Waals surface area contributed by atoms with Gasteiger partial charge in [0.1, 0.15) is 13.2 Å². The van der Waals surface area contributed by atoms with Crippen LogP contribution in [0.4, 0.5) is 0 Å². The van der Waals surface area contributed by atoms with Crippen LogP contribution in [0.2, 0.25) is 0 Å². The number of rotatable bonds is 46. The van der Waals surface area contributed by atoms with Crippen LogP contribution in [0.3, 0.4) is 0 Å². The van der Waals surface area contributed by atoms with Gasteiger partial charge in [-0.1, -0.05) is 204 Å². The summed E-state index contributed by atoms with van der Waals surface area (Å²) in [5.74, 6) is -0.910. The molecule has 0 heterocycles. The van der Waals surface area contributed by atoms with Crippen LogP contribution in [0.25, 0.3) is 0 Å². The number of esters is 3. The molecule has 0 aliphatic heterocycles. The molecule has 0 amide bonds. The molecule has 61 heavy (non-hydrogen) atoms. The van der Waals surface area contributed by atoms with E-state index in [9.17, 15) is 14.4 Å². The van der Waals surface area contributed by atoms with Crippen molar-refractivity contribution in [3.63, 3.8) is 0 Å². The average molecular weight is 853 g/mol. The van der Waals surface area contributed by atoms with Crippen molar-refractivity contribution in [1.82, 2.24) is 0 Å². The minimum absolute atomic E-state index is 0.0831. The molecule has 0 aromatic rings. The average Bonchev–Trinajstić information content (AvgIpc) is 3.26. The summed E-state index contributed by atoms with van der Waals surface area (Å²) in [7, 11) is 0. The monoisotopic (exact) mass is 853 g/mol. The van der Waals surface area contributed by atoms with Gasteiger partial charge < -0.3 is 14.2 Å². The summed E-state index contributed by atoms with van der Waals surface area (Å²) in [5, 5.41) is 0. The van der Waals surface area contributed by atoms with Crippen molar-refractivity contribution in [2.24, 2.45) is 0 Å². The number of allylic oxidation sites excluding steroid dienone is 10. The van der Waals surface area contributed by atoms with Gasteiger partial charge in [0, 0.05) is 19.3 Å². The fraction of sp³-hybridized carbons (Fsp3) is 0.764. The Hall–Kier alpha value is -2.89. The molecule has 6 nitrogen and oxygen atoms in total. The molecule has 0 saturated carbocycles. The molecule has 0 bridgehead atoms. The summed E-state index contributed by atoms with van der Waals surface area (Å²) < 4.78 is 16.7. The highest BCUT2D eigenvalue weighted by atomic mass is 16.6. The molecule has 0 aromatic carbocycles. The molecule has 352 valence electrons. The normalized spacial score (nSPS) is 12.5. The molecule has 1 unspecified atom stereocenters. The highest BCUT2D eigenvalue weighted by Gasteiger charge is 2.19. The second kappa shape index (κ2) is 49.8. The Bertz CT molecular complexity index is 1120. The fourth-order valence-electron chi connectivity index (χ4n) is 7.07. The Kier molecular flexibility index (Phi) is 47.4. The lowest BCUT2D eigenvalue weighted by Crippen LogP contribution is -2.30. The quantitative estimate of drug-likeness (QED) is 0.0263. The van der Waals surface area contributed by atoms with Crippen LogP contribution in [0.1, 0.15) is 252 Å². The maximum atomic E-state index is 12.8. The van der Waals surface area contributed by atoms with Crippen molar-refractivity contribution in [2.45, 2.75) is 258 Å². The topological polar surface area (TPSA) is 78.9 Å². The number of ether oxygens (including phenoxy) is 3. The number of hydrogen-bond donors (Lipinski definition) is 0. The smallest absolute Gasteiger partial charge is 0.306 e. The predicted molar refractivity (Wildman–Crippen MR) is 261 cm³/mol. The van der Waals surface area contributed by atoms with E-state index in [1.54, 1.807) is 0 Å². The molecule has 0 aromatic heterocycles. The van der Waals surface area contributed by atoms with Crippen LogP contribution >= 0.6 is 0 Å². The van der Waals surface area contributed by atoms with E-state index in [0.717, 1.165) is 103 Å². The highest BCUT2D eigenvalue weighted by Crippen LogP contribution is 2.14. The van der Waals surface area contributed by atoms with Gasteiger partial charge in [-0.25, -0.2) is 0 Å². The number of unbranched alkanes of at least 4 members (excludes halogenated alkanes) is 25. The van der Waals surface area contributed by atoms with Crippen molar-refractivity contribution in [1.29, 1.82) is 0 Å². The molecule has 0 spiro atoms. The van der Waals surface area contributed by atoms with Crippen molar-refractivity contribution < 1.29 is 28.6 Å². The summed E-state index contributed by atoms with van der Waals surface area (Å²) in [6.07, 6.45) is 60.6. The maximum absolute atomic E-state index is 12.8. The first-order valence-corrected chi connectivity index (χ1v) is 25.8. The van der Waals surface area contributed by atoms with Crippen molar-refractivity contribution in [3.8, 4) is 0 Å². The van der Waals surface area contributed by atoms with Gasteiger partial charge in [-0.3, -0.25) is 14.4 Å². The van der Waals surface area contributed by atoms with E-state index in [4.69, 9.17) is 14.2 Å². The SMILES string of the molecule is CCCCC/C=C\C/C=C\C/C=C\CCCCCCCCC(=O)OCC(COC(=O)CCCCCCCCCCC)OC(=O)CCCCCCC/C=C\C/C=C\CCCCC. The predicted octanol–water partition coefficient (Wildman–Crippen LogP) is 16.9. The summed E-state index contributed by atoms with van der Waals surface area (Å²) in [5.41, 5.74) is 0. The van der Waals surface area contributed by atoms with E-state index in [1.165, 1.54) is 109 Å². The van der Waals surface area contributed by atoms with Gasteiger partial charge in [0.25, 0.3) is 0 Å². The molecule has 0 N–H and O–H groups in total. The van der Waals surface area contributed by atoms with Crippen molar-refractivity contribution in [3.05, 3.63) is 60.8 Å². The van der Waals surface area contributed by atoms with Crippen LogP contribution in [0, 0.1) is 0 Å². The first kappa shape index (κ1) is 58.1. The summed E-state index contributed by atoms with van der Waals surface area (Å²) in [6, 6.07) is 0. The largest absolute Gasteiger partial charge is 0.462 e. The van der Waals surface area contributed by atoms with E-state index < -0.39 is 6.10 Å². The lowest BCUT2D eigenvalue weighted by molar-refractivity contribution is -0.167. The van der Waals surface area contributed by atoms with Gasteiger partial charge in [0.05, 0.1) is 0 Å². The fourth-order valence-corrected chi connectivity index (χ4v) is 7.07. The van der Waals surface area contributed by atoms with Gasteiger partial charge in [-0.15, -0.1) is 0 Å².